The van der Waals surface area contributed by atoms with Gasteiger partial charge in [0.2, 0.25) is 0 Å². The Morgan fingerprint density at radius 1 is 0.971 bits per heavy atom. The van der Waals surface area contributed by atoms with Crippen molar-refractivity contribution in [1.29, 1.82) is 0 Å². The highest BCUT2D eigenvalue weighted by Gasteiger charge is 2.25. The molecule has 1 unspecified atom stereocenters. The largest absolute Gasteiger partial charge is 0.343 e. The minimum atomic E-state index is 0.0658. The molecule has 0 spiro atoms. The third-order valence-corrected chi connectivity index (χ3v) is 7.24. The first-order chi connectivity index (χ1) is 16.7. The van der Waals surface area contributed by atoms with Crippen molar-refractivity contribution < 1.29 is 4.79 Å². The summed E-state index contributed by atoms with van der Waals surface area (Å²) in [5.74, 6) is 0.973. The van der Waals surface area contributed by atoms with Crippen LogP contribution < -0.4 is 5.32 Å². The van der Waals surface area contributed by atoms with Crippen molar-refractivity contribution in [2.75, 3.05) is 13.1 Å². The molecule has 1 aromatic heterocycles. The van der Waals surface area contributed by atoms with Crippen LogP contribution >= 0.6 is 0 Å². The summed E-state index contributed by atoms with van der Waals surface area (Å²) in [5, 5.41) is 4.67. The average Bonchev–Trinajstić information content (AvgIpc) is 3.22. The van der Waals surface area contributed by atoms with Gasteiger partial charge in [0.25, 0.3) is 0 Å². The van der Waals surface area contributed by atoms with Crippen LogP contribution in [-0.4, -0.2) is 23.4 Å². The first-order valence-corrected chi connectivity index (χ1v) is 12.6. The molecule has 0 saturated carbocycles. The van der Waals surface area contributed by atoms with E-state index in [2.05, 4.69) is 102 Å². The number of nitrogens with zero attached hydrogens (tertiary/aromatic N) is 1. The molecule has 3 nitrogen and oxygen atoms in total. The molecule has 1 aliphatic heterocycles. The molecular weight excluding hydrogens is 416 g/mol. The van der Waals surface area contributed by atoms with E-state index in [0.717, 1.165) is 32.5 Å². The van der Waals surface area contributed by atoms with Crippen LogP contribution in [0.4, 0.5) is 0 Å². The Balaban J connectivity index is 1.51. The Labute approximate surface area is 202 Å². The van der Waals surface area contributed by atoms with Gasteiger partial charge in [0.15, 0.2) is 0 Å². The molecule has 1 fully saturated rings. The fourth-order valence-electron chi connectivity index (χ4n) is 5.48. The molecule has 0 radical (unpaired) electrons. The van der Waals surface area contributed by atoms with Crippen molar-refractivity contribution in [3.63, 3.8) is 0 Å². The number of carbonyl (C=O) groups excluding carboxylic acids is 1. The van der Waals surface area contributed by atoms with Gasteiger partial charge >= 0.3 is 0 Å². The van der Waals surface area contributed by atoms with E-state index in [1.807, 2.05) is 0 Å². The lowest BCUT2D eigenvalue weighted by Crippen LogP contribution is -2.29. The van der Waals surface area contributed by atoms with Crippen LogP contribution in [-0.2, 0) is 11.3 Å². The number of carbonyl (C=O) groups is 1. The summed E-state index contributed by atoms with van der Waals surface area (Å²) < 4.78 is 2.35. The SMILES string of the molecule is Cc1cccc(C(CC(=O)CC2CCNCC2)c2cn(Cc3ccccc3)c3ccccc23)c1. The Kier molecular flexibility index (Phi) is 6.92. The quantitative estimate of drug-likeness (QED) is 0.333. The number of hydrogen-bond donors (Lipinski definition) is 1. The van der Waals surface area contributed by atoms with Gasteiger partial charge in [0.1, 0.15) is 5.78 Å². The smallest absolute Gasteiger partial charge is 0.134 e. The lowest BCUT2D eigenvalue weighted by Gasteiger charge is -2.23. The van der Waals surface area contributed by atoms with Crippen molar-refractivity contribution >= 4 is 16.7 Å². The number of Topliss-reactive ketones (excluding diaryl/α,β-unsaturated/α-hetero) is 1. The molecule has 1 aliphatic rings. The summed E-state index contributed by atoms with van der Waals surface area (Å²) in [4.78, 5) is 13.4. The first kappa shape index (κ1) is 22.6. The number of hydrogen-bond acceptors (Lipinski definition) is 2. The van der Waals surface area contributed by atoms with Gasteiger partial charge in [-0.3, -0.25) is 4.79 Å². The summed E-state index contributed by atoms with van der Waals surface area (Å²) >= 11 is 0. The monoisotopic (exact) mass is 450 g/mol. The van der Waals surface area contributed by atoms with Crippen LogP contribution in [0.25, 0.3) is 10.9 Å². The van der Waals surface area contributed by atoms with Gasteiger partial charge in [-0.15, -0.1) is 0 Å². The minimum absolute atomic E-state index is 0.0658. The van der Waals surface area contributed by atoms with E-state index in [1.54, 1.807) is 0 Å². The van der Waals surface area contributed by atoms with Gasteiger partial charge in [-0.2, -0.15) is 0 Å². The maximum atomic E-state index is 13.4. The van der Waals surface area contributed by atoms with E-state index < -0.39 is 0 Å². The standard InChI is InChI=1S/C31H34N2O/c1-23-8-7-11-26(18-23)29(20-27(34)19-24-14-16-32-17-15-24)30-22-33(21-25-9-3-2-4-10-25)31-13-6-5-12-28(30)31/h2-13,18,22,24,29,32H,14-17,19-21H2,1H3. The Morgan fingerprint density at radius 3 is 2.53 bits per heavy atom. The highest BCUT2D eigenvalue weighted by Crippen LogP contribution is 2.36. The lowest BCUT2D eigenvalue weighted by atomic mass is 9.83. The number of fused-ring (bicyclic) bond motifs is 1. The van der Waals surface area contributed by atoms with E-state index in [0.29, 0.717) is 24.5 Å². The zero-order valence-corrected chi connectivity index (χ0v) is 20.0. The second-order valence-electron chi connectivity index (χ2n) is 9.82. The molecule has 3 heteroatoms. The van der Waals surface area contributed by atoms with Gasteiger partial charge in [0.05, 0.1) is 0 Å². The number of piperidine rings is 1. The Morgan fingerprint density at radius 2 is 1.74 bits per heavy atom. The Bertz CT molecular complexity index is 1250. The summed E-state index contributed by atoms with van der Waals surface area (Å²) in [7, 11) is 0. The topological polar surface area (TPSA) is 34.0 Å². The van der Waals surface area contributed by atoms with Gasteiger partial charge in [0, 0.05) is 42.4 Å². The third-order valence-electron chi connectivity index (χ3n) is 7.24. The Hall–Kier alpha value is -3.17. The number of rotatable bonds is 8. The first-order valence-electron chi connectivity index (χ1n) is 12.6. The second kappa shape index (κ2) is 10.4. The molecule has 2 heterocycles. The minimum Gasteiger partial charge on any atom is -0.343 e. The zero-order valence-electron chi connectivity index (χ0n) is 20.0. The molecule has 1 saturated heterocycles. The van der Waals surface area contributed by atoms with Crippen LogP contribution in [0.15, 0.2) is 85.1 Å². The summed E-state index contributed by atoms with van der Waals surface area (Å²) in [5.41, 5.74) is 6.24. The molecular formula is C31H34N2O. The maximum absolute atomic E-state index is 13.4. The molecule has 1 atom stereocenters. The van der Waals surface area contributed by atoms with Crippen LogP contribution in [0.3, 0.4) is 0 Å². The molecule has 0 amide bonds. The number of ketones is 1. The lowest BCUT2D eigenvalue weighted by molar-refractivity contribution is -0.120. The number of aromatic nitrogens is 1. The van der Waals surface area contributed by atoms with Crippen molar-refractivity contribution in [2.45, 2.75) is 45.1 Å². The van der Waals surface area contributed by atoms with Crippen molar-refractivity contribution in [1.82, 2.24) is 9.88 Å². The number of aryl methyl sites for hydroxylation is 1. The van der Waals surface area contributed by atoms with E-state index in [4.69, 9.17) is 0 Å². The van der Waals surface area contributed by atoms with E-state index in [1.165, 1.54) is 33.2 Å². The summed E-state index contributed by atoms with van der Waals surface area (Å²) in [6, 6.07) is 27.9. The maximum Gasteiger partial charge on any atom is 0.134 e. The number of para-hydroxylation sites is 1. The zero-order chi connectivity index (χ0) is 23.3. The van der Waals surface area contributed by atoms with E-state index in [-0.39, 0.29) is 5.92 Å². The van der Waals surface area contributed by atoms with E-state index in [9.17, 15) is 4.79 Å². The molecule has 4 aromatic rings. The third kappa shape index (κ3) is 5.15. The van der Waals surface area contributed by atoms with E-state index >= 15 is 0 Å². The van der Waals surface area contributed by atoms with Gasteiger partial charge < -0.3 is 9.88 Å². The molecule has 0 bridgehead atoms. The summed E-state index contributed by atoms with van der Waals surface area (Å²) in [6.45, 7) is 5.03. The van der Waals surface area contributed by atoms with Crippen molar-refractivity contribution in [3.05, 3.63) is 107 Å². The van der Waals surface area contributed by atoms with Crippen molar-refractivity contribution in [2.24, 2.45) is 5.92 Å². The van der Waals surface area contributed by atoms with Crippen molar-refractivity contribution in [3.8, 4) is 0 Å². The highest BCUT2D eigenvalue weighted by atomic mass is 16.1. The van der Waals surface area contributed by atoms with Crippen LogP contribution in [0.1, 0.15) is 53.9 Å². The molecule has 174 valence electrons. The molecule has 1 N–H and O–H groups in total. The normalized spacial score (nSPS) is 15.4. The fourth-order valence-corrected chi connectivity index (χ4v) is 5.48. The second-order valence-corrected chi connectivity index (χ2v) is 9.82. The highest BCUT2D eigenvalue weighted by molar-refractivity contribution is 5.87. The predicted molar refractivity (Wildman–Crippen MR) is 140 cm³/mol. The number of nitrogens with one attached hydrogen (secondary N) is 1. The van der Waals surface area contributed by atoms with Crippen LogP contribution in [0.5, 0.6) is 0 Å². The van der Waals surface area contributed by atoms with Crippen LogP contribution in [0.2, 0.25) is 0 Å². The molecule has 5 rings (SSSR count). The molecule has 34 heavy (non-hydrogen) atoms. The summed E-state index contributed by atoms with van der Waals surface area (Å²) in [6.07, 6.45) is 5.77. The molecule has 0 aliphatic carbocycles. The molecule has 3 aromatic carbocycles. The van der Waals surface area contributed by atoms with Gasteiger partial charge in [-0.25, -0.2) is 0 Å². The predicted octanol–water partition coefficient (Wildman–Crippen LogP) is 6.48. The van der Waals surface area contributed by atoms with Gasteiger partial charge in [-0.05, 0) is 61.5 Å². The average molecular weight is 451 g/mol. The van der Waals surface area contributed by atoms with Gasteiger partial charge in [-0.1, -0.05) is 78.4 Å². The van der Waals surface area contributed by atoms with Crippen LogP contribution in [0, 0.1) is 12.8 Å². The number of benzene rings is 3. The fraction of sp³-hybridized carbons (Fsp3) is 0.323.